The molecule has 3 nitrogen and oxygen atoms in total. The molecule has 0 saturated carbocycles. The molecular formula is C10H20N2OS. The molecule has 0 aliphatic carbocycles. The molecule has 4 heteroatoms. The maximum absolute atomic E-state index is 12.0. The fourth-order valence-corrected chi connectivity index (χ4v) is 2.33. The van der Waals surface area contributed by atoms with Gasteiger partial charge in [0.05, 0.1) is 6.04 Å². The summed E-state index contributed by atoms with van der Waals surface area (Å²) in [6.45, 7) is 5.09. The zero-order chi connectivity index (χ0) is 10.6. The van der Waals surface area contributed by atoms with Gasteiger partial charge in [-0.1, -0.05) is 11.9 Å². The highest BCUT2D eigenvalue weighted by Gasteiger charge is 2.27. The van der Waals surface area contributed by atoms with Crippen molar-refractivity contribution in [2.45, 2.75) is 45.2 Å². The van der Waals surface area contributed by atoms with Gasteiger partial charge >= 0.3 is 0 Å². The lowest BCUT2D eigenvalue weighted by atomic mass is 10.1. The Labute approximate surface area is 90.7 Å². The van der Waals surface area contributed by atoms with Gasteiger partial charge in [-0.2, -0.15) is 0 Å². The monoisotopic (exact) mass is 216 g/mol. The van der Waals surface area contributed by atoms with Gasteiger partial charge in [-0.25, -0.2) is 0 Å². The first-order valence-electron chi connectivity index (χ1n) is 5.25. The van der Waals surface area contributed by atoms with Crippen LogP contribution in [0.5, 0.6) is 0 Å². The van der Waals surface area contributed by atoms with Crippen molar-refractivity contribution in [3.8, 4) is 0 Å². The van der Waals surface area contributed by atoms with Crippen molar-refractivity contribution in [3.05, 3.63) is 0 Å². The molecule has 1 rings (SSSR count). The summed E-state index contributed by atoms with van der Waals surface area (Å²) in [4.78, 5) is 14.0. The van der Waals surface area contributed by atoms with E-state index in [1.807, 2.05) is 11.2 Å². The van der Waals surface area contributed by atoms with Crippen LogP contribution in [-0.2, 0) is 4.79 Å². The van der Waals surface area contributed by atoms with Crippen LogP contribution in [0.1, 0.15) is 33.1 Å². The van der Waals surface area contributed by atoms with Gasteiger partial charge in [0.2, 0.25) is 5.91 Å². The van der Waals surface area contributed by atoms with Gasteiger partial charge in [0.25, 0.3) is 0 Å². The number of nitrogens with zero attached hydrogens (tertiary/aromatic N) is 1. The normalized spacial score (nSPS) is 24.1. The van der Waals surface area contributed by atoms with Crippen LogP contribution in [0.3, 0.4) is 0 Å². The van der Waals surface area contributed by atoms with E-state index >= 15 is 0 Å². The highest BCUT2D eigenvalue weighted by atomic mass is 32.2. The molecule has 1 aliphatic rings. The van der Waals surface area contributed by atoms with Crippen LogP contribution >= 0.6 is 11.9 Å². The first-order chi connectivity index (χ1) is 6.66. The van der Waals surface area contributed by atoms with E-state index in [2.05, 4.69) is 18.6 Å². The highest BCUT2D eigenvalue weighted by molar-refractivity contribution is 7.96. The molecule has 1 aliphatic heterocycles. The summed E-state index contributed by atoms with van der Waals surface area (Å²) in [6, 6.07) is 0.349. The maximum Gasteiger partial charge on any atom is 0.240 e. The Morgan fingerprint density at radius 1 is 1.50 bits per heavy atom. The lowest BCUT2D eigenvalue weighted by Crippen LogP contribution is -2.46. The van der Waals surface area contributed by atoms with Crippen molar-refractivity contribution in [2.75, 3.05) is 12.8 Å². The number of likely N-dealkylation sites (tertiary alicyclic amines) is 1. The number of carbonyl (C=O) groups excluding carboxylic acids is 1. The largest absolute Gasteiger partial charge is 0.339 e. The molecular weight excluding hydrogens is 196 g/mol. The van der Waals surface area contributed by atoms with Crippen LogP contribution in [0, 0.1) is 0 Å². The predicted molar refractivity (Wildman–Crippen MR) is 61.1 cm³/mol. The number of nitrogens with one attached hydrogen (secondary N) is 1. The Morgan fingerprint density at radius 2 is 2.21 bits per heavy atom. The van der Waals surface area contributed by atoms with E-state index in [1.165, 1.54) is 11.9 Å². The van der Waals surface area contributed by atoms with Gasteiger partial charge in [-0.3, -0.25) is 9.52 Å². The summed E-state index contributed by atoms with van der Waals surface area (Å²) < 4.78 is 3.18. The summed E-state index contributed by atoms with van der Waals surface area (Å²) in [5.74, 6) is 0.270. The summed E-state index contributed by atoms with van der Waals surface area (Å²) >= 11 is 1.54. The second kappa shape index (κ2) is 5.61. The molecule has 1 atom stereocenters. The van der Waals surface area contributed by atoms with Gasteiger partial charge in [-0.05, 0) is 39.4 Å². The van der Waals surface area contributed by atoms with Crippen LogP contribution in [0.15, 0.2) is 0 Å². The molecule has 1 N–H and O–H groups in total. The molecule has 0 radical (unpaired) electrons. The summed E-state index contributed by atoms with van der Waals surface area (Å²) in [7, 11) is 0. The predicted octanol–water partition coefficient (Wildman–Crippen LogP) is 1.64. The number of rotatable bonds is 3. The standard InChI is InChI=1S/C10H20N2OS/c1-8(2)12-7-5-4-6-9(10(12)13)11-14-3/h8-9,11H,4-7H2,1-3H3. The van der Waals surface area contributed by atoms with E-state index in [0.717, 1.165) is 25.8 Å². The molecule has 1 saturated heterocycles. The van der Waals surface area contributed by atoms with E-state index in [1.54, 1.807) is 0 Å². The second-order valence-corrected chi connectivity index (χ2v) is 4.64. The maximum atomic E-state index is 12.0. The van der Waals surface area contributed by atoms with Gasteiger partial charge in [0.1, 0.15) is 0 Å². The van der Waals surface area contributed by atoms with Crippen LogP contribution in [0.25, 0.3) is 0 Å². The molecule has 0 aromatic heterocycles. The highest BCUT2D eigenvalue weighted by Crippen LogP contribution is 2.15. The molecule has 0 aromatic rings. The molecule has 82 valence electrons. The van der Waals surface area contributed by atoms with Gasteiger partial charge in [0.15, 0.2) is 0 Å². The first-order valence-corrected chi connectivity index (χ1v) is 6.48. The van der Waals surface area contributed by atoms with E-state index in [4.69, 9.17) is 0 Å². The molecule has 14 heavy (non-hydrogen) atoms. The summed E-state index contributed by atoms with van der Waals surface area (Å²) in [6.07, 6.45) is 5.23. The number of amides is 1. The van der Waals surface area contributed by atoms with Crippen molar-refractivity contribution >= 4 is 17.9 Å². The van der Waals surface area contributed by atoms with Crippen molar-refractivity contribution in [3.63, 3.8) is 0 Å². The second-order valence-electron chi connectivity index (χ2n) is 4.00. The first kappa shape index (κ1) is 11.9. The van der Waals surface area contributed by atoms with E-state index in [9.17, 15) is 4.79 Å². The summed E-state index contributed by atoms with van der Waals surface area (Å²) in [5, 5.41) is 0. The summed E-state index contributed by atoms with van der Waals surface area (Å²) in [5.41, 5.74) is 0. The molecule has 1 amide bonds. The Balaban J connectivity index is 2.64. The van der Waals surface area contributed by atoms with Crippen molar-refractivity contribution in [1.82, 2.24) is 9.62 Å². The Bertz CT molecular complexity index is 197. The minimum absolute atomic E-state index is 0.0231. The minimum atomic E-state index is 0.0231. The Hall–Kier alpha value is -0.220. The lowest BCUT2D eigenvalue weighted by molar-refractivity contribution is -0.134. The smallest absolute Gasteiger partial charge is 0.240 e. The fraction of sp³-hybridized carbons (Fsp3) is 0.900. The zero-order valence-corrected chi connectivity index (χ0v) is 10.1. The average Bonchev–Trinajstić information content (AvgIpc) is 2.30. The SMILES string of the molecule is CSNC1CCCCN(C(C)C)C1=O. The molecule has 1 fully saturated rings. The molecule has 0 spiro atoms. The third-order valence-electron chi connectivity index (χ3n) is 2.61. The average molecular weight is 216 g/mol. The molecule has 1 unspecified atom stereocenters. The van der Waals surface area contributed by atoms with Gasteiger partial charge < -0.3 is 4.90 Å². The van der Waals surface area contributed by atoms with Crippen molar-refractivity contribution in [2.24, 2.45) is 0 Å². The Kier molecular flexibility index (Phi) is 4.75. The number of hydrogen-bond donors (Lipinski definition) is 1. The fourth-order valence-electron chi connectivity index (χ4n) is 1.83. The van der Waals surface area contributed by atoms with Crippen LogP contribution < -0.4 is 4.72 Å². The minimum Gasteiger partial charge on any atom is -0.339 e. The zero-order valence-electron chi connectivity index (χ0n) is 9.25. The molecule has 0 aromatic carbocycles. The topological polar surface area (TPSA) is 32.3 Å². The van der Waals surface area contributed by atoms with Crippen LogP contribution in [-0.4, -0.2) is 35.7 Å². The van der Waals surface area contributed by atoms with E-state index in [-0.39, 0.29) is 11.9 Å². The van der Waals surface area contributed by atoms with Crippen molar-refractivity contribution in [1.29, 1.82) is 0 Å². The molecule has 0 bridgehead atoms. The van der Waals surface area contributed by atoms with Crippen LogP contribution in [0.2, 0.25) is 0 Å². The van der Waals surface area contributed by atoms with Crippen LogP contribution in [0.4, 0.5) is 0 Å². The van der Waals surface area contributed by atoms with Crippen molar-refractivity contribution < 1.29 is 4.79 Å². The van der Waals surface area contributed by atoms with E-state index in [0.29, 0.717) is 6.04 Å². The van der Waals surface area contributed by atoms with Gasteiger partial charge in [0, 0.05) is 12.6 Å². The van der Waals surface area contributed by atoms with E-state index < -0.39 is 0 Å². The third kappa shape index (κ3) is 2.89. The third-order valence-corrected chi connectivity index (χ3v) is 3.13. The number of hydrogen-bond acceptors (Lipinski definition) is 3. The quantitative estimate of drug-likeness (QED) is 0.728. The number of carbonyl (C=O) groups is 1. The lowest BCUT2D eigenvalue weighted by Gasteiger charge is -2.27. The molecule has 1 heterocycles. The van der Waals surface area contributed by atoms with Gasteiger partial charge in [-0.15, -0.1) is 0 Å². The Morgan fingerprint density at radius 3 is 2.79 bits per heavy atom.